The molecule has 2 aromatic heterocycles. The molecule has 2 aromatic rings. The summed E-state index contributed by atoms with van der Waals surface area (Å²) in [5.74, 6) is 1.94. The Labute approximate surface area is 187 Å². The smallest absolute Gasteiger partial charge is 0.274 e. The first kappa shape index (κ1) is 20.4. The molecule has 0 saturated carbocycles. The Morgan fingerprint density at radius 3 is 2.84 bits per heavy atom. The maximum absolute atomic E-state index is 13.0. The number of amides is 1. The zero-order chi connectivity index (χ0) is 21.9. The van der Waals surface area contributed by atoms with Crippen molar-refractivity contribution in [2.45, 2.75) is 0 Å². The summed E-state index contributed by atoms with van der Waals surface area (Å²) in [6.07, 6.45) is 11.4. The third-order valence-electron chi connectivity index (χ3n) is 6.20. The fraction of sp³-hybridized carbons (Fsp3) is 0.391. The Morgan fingerprint density at radius 1 is 1.16 bits per heavy atom. The largest absolute Gasteiger partial charge is 0.497 e. The number of allylic oxidation sites excluding steroid dienone is 1. The van der Waals surface area contributed by atoms with Crippen molar-refractivity contribution in [2.75, 3.05) is 61.5 Å². The molecular weight excluding hydrogens is 406 g/mol. The number of carbonyl (C=O) groups is 1. The van der Waals surface area contributed by atoms with E-state index in [0.717, 1.165) is 50.7 Å². The van der Waals surface area contributed by atoms with Crippen LogP contribution < -0.4 is 20.4 Å². The molecule has 2 N–H and O–H groups in total. The van der Waals surface area contributed by atoms with E-state index in [1.54, 1.807) is 31.8 Å². The van der Waals surface area contributed by atoms with E-state index in [-0.39, 0.29) is 5.91 Å². The monoisotopic (exact) mass is 433 g/mol. The number of methoxy groups -OCH3 is 1. The first-order valence-electron chi connectivity index (χ1n) is 10.9. The molecule has 9 nitrogen and oxygen atoms in total. The topological polar surface area (TPSA) is 95.5 Å². The van der Waals surface area contributed by atoms with Crippen LogP contribution in [-0.2, 0) is 4.74 Å². The number of piperazine rings is 1. The second kappa shape index (κ2) is 8.96. The summed E-state index contributed by atoms with van der Waals surface area (Å²) >= 11 is 0. The van der Waals surface area contributed by atoms with Crippen molar-refractivity contribution in [3.63, 3.8) is 0 Å². The number of fused-ring (bicyclic) bond motifs is 1. The number of nitrogens with one attached hydrogen (secondary N) is 2. The summed E-state index contributed by atoms with van der Waals surface area (Å²) in [6.45, 7) is 5.21. The molecule has 1 amide bonds. The summed E-state index contributed by atoms with van der Waals surface area (Å²) in [6, 6.07) is 3.58. The Balaban J connectivity index is 1.31. The SMILES string of the molecule is COC1=CC2CN(c3nccc(C(=O)Nc4cnccc4N4CCNCC4)n3)CC2C=C1. The summed E-state index contributed by atoms with van der Waals surface area (Å²) in [5.41, 5.74) is 2.00. The summed E-state index contributed by atoms with van der Waals surface area (Å²) in [4.78, 5) is 30.6. The highest BCUT2D eigenvalue weighted by Crippen LogP contribution is 2.32. The lowest BCUT2D eigenvalue weighted by Crippen LogP contribution is -2.43. The van der Waals surface area contributed by atoms with Gasteiger partial charge < -0.3 is 25.2 Å². The molecule has 0 radical (unpaired) electrons. The fourth-order valence-corrected chi connectivity index (χ4v) is 4.50. The van der Waals surface area contributed by atoms with Crippen LogP contribution in [0.1, 0.15) is 10.5 Å². The summed E-state index contributed by atoms with van der Waals surface area (Å²) < 4.78 is 5.36. The van der Waals surface area contributed by atoms with E-state index in [2.05, 4.69) is 47.5 Å². The highest BCUT2D eigenvalue weighted by atomic mass is 16.5. The normalized spacial score (nSPS) is 22.3. The van der Waals surface area contributed by atoms with Crippen molar-refractivity contribution in [3.8, 4) is 0 Å². The van der Waals surface area contributed by atoms with E-state index >= 15 is 0 Å². The van der Waals surface area contributed by atoms with Crippen LogP contribution >= 0.6 is 0 Å². The van der Waals surface area contributed by atoms with E-state index in [4.69, 9.17) is 4.74 Å². The van der Waals surface area contributed by atoms with E-state index in [1.165, 1.54) is 0 Å². The molecule has 166 valence electrons. The standard InChI is InChI=1S/C23H27N7O2/c1-32-18-3-2-16-14-30(15-17(16)12-18)23-26-7-4-19(28-23)22(31)27-20-13-25-6-5-21(20)29-10-8-24-9-11-29/h2-7,12-13,16-17,24H,8-11,14-15H2,1H3,(H,27,31). The van der Waals surface area contributed by atoms with Gasteiger partial charge in [-0.05, 0) is 24.3 Å². The van der Waals surface area contributed by atoms with Gasteiger partial charge in [0.25, 0.3) is 5.91 Å². The number of anilines is 3. The van der Waals surface area contributed by atoms with Crippen molar-refractivity contribution in [2.24, 2.45) is 11.8 Å². The number of ether oxygens (including phenoxy) is 1. The molecule has 9 heteroatoms. The lowest BCUT2D eigenvalue weighted by Gasteiger charge is -2.30. The van der Waals surface area contributed by atoms with Crippen LogP contribution in [0, 0.1) is 11.8 Å². The first-order valence-corrected chi connectivity index (χ1v) is 10.9. The predicted octanol–water partition coefficient (Wildman–Crippen LogP) is 1.69. The van der Waals surface area contributed by atoms with Crippen LogP contribution in [0.2, 0.25) is 0 Å². The van der Waals surface area contributed by atoms with Crippen molar-refractivity contribution < 1.29 is 9.53 Å². The maximum atomic E-state index is 13.0. The van der Waals surface area contributed by atoms with E-state index in [9.17, 15) is 4.79 Å². The maximum Gasteiger partial charge on any atom is 0.274 e. The van der Waals surface area contributed by atoms with Crippen molar-refractivity contribution in [1.29, 1.82) is 0 Å². The van der Waals surface area contributed by atoms with Gasteiger partial charge in [0.1, 0.15) is 11.5 Å². The summed E-state index contributed by atoms with van der Waals surface area (Å²) in [7, 11) is 1.68. The Morgan fingerprint density at radius 2 is 2.00 bits per heavy atom. The quantitative estimate of drug-likeness (QED) is 0.736. The Bertz CT molecular complexity index is 1050. The molecule has 0 bridgehead atoms. The molecule has 1 aliphatic carbocycles. The molecule has 5 rings (SSSR count). The molecular formula is C23H27N7O2. The van der Waals surface area contributed by atoms with Gasteiger partial charge in [-0.2, -0.15) is 0 Å². The molecule has 2 atom stereocenters. The van der Waals surface area contributed by atoms with Crippen molar-refractivity contribution >= 4 is 23.2 Å². The van der Waals surface area contributed by atoms with Gasteiger partial charge in [-0.3, -0.25) is 9.78 Å². The number of aromatic nitrogens is 3. The van der Waals surface area contributed by atoms with Crippen LogP contribution in [0.4, 0.5) is 17.3 Å². The molecule has 2 aliphatic heterocycles. The van der Waals surface area contributed by atoms with Crippen LogP contribution in [-0.4, -0.2) is 67.2 Å². The van der Waals surface area contributed by atoms with Crippen LogP contribution in [0.3, 0.4) is 0 Å². The zero-order valence-corrected chi connectivity index (χ0v) is 18.1. The number of nitrogens with zero attached hydrogens (tertiary/aromatic N) is 5. The van der Waals surface area contributed by atoms with Gasteiger partial charge in [0, 0.05) is 63.5 Å². The minimum atomic E-state index is -0.267. The zero-order valence-electron chi connectivity index (χ0n) is 18.1. The van der Waals surface area contributed by atoms with Gasteiger partial charge in [0.2, 0.25) is 5.95 Å². The molecule has 0 spiro atoms. The van der Waals surface area contributed by atoms with Gasteiger partial charge in [-0.25, -0.2) is 9.97 Å². The number of rotatable bonds is 5. The molecule has 3 aliphatic rings. The van der Waals surface area contributed by atoms with E-state index < -0.39 is 0 Å². The minimum Gasteiger partial charge on any atom is -0.497 e. The molecule has 0 aromatic carbocycles. The Kier molecular flexibility index (Phi) is 5.72. The lowest BCUT2D eigenvalue weighted by atomic mass is 9.91. The average Bonchev–Trinajstić information content (AvgIpc) is 3.28. The molecule has 32 heavy (non-hydrogen) atoms. The summed E-state index contributed by atoms with van der Waals surface area (Å²) in [5, 5.41) is 6.34. The third kappa shape index (κ3) is 4.16. The number of hydrogen-bond acceptors (Lipinski definition) is 8. The second-order valence-electron chi connectivity index (χ2n) is 8.19. The van der Waals surface area contributed by atoms with E-state index in [0.29, 0.717) is 29.2 Å². The van der Waals surface area contributed by atoms with Gasteiger partial charge in [0.15, 0.2) is 0 Å². The third-order valence-corrected chi connectivity index (χ3v) is 6.20. The van der Waals surface area contributed by atoms with Crippen molar-refractivity contribution in [3.05, 3.63) is 60.4 Å². The van der Waals surface area contributed by atoms with Crippen molar-refractivity contribution in [1.82, 2.24) is 20.3 Å². The van der Waals surface area contributed by atoms with Gasteiger partial charge in [0.05, 0.1) is 24.7 Å². The van der Waals surface area contributed by atoms with Crippen LogP contribution in [0.15, 0.2) is 54.7 Å². The molecule has 2 fully saturated rings. The van der Waals surface area contributed by atoms with Gasteiger partial charge in [-0.15, -0.1) is 0 Å². The average molecular weight is 434 g/mol. The molecule has 2 saturated heterocycles. The fourth-order valence-electron chi connectivity index (χ4n) is 4.50. The minimum absolute atomic E-state index is 0.267. The number of hydrogen-bond donors (Lipinski definition) is 2. The molecule has 2 unspecified atom stereocenters. The second-order valence-corrected chi connectivity index (χ2v) is 8.19. The van der Waals surface area contributed by atoms with Crippen LogP contribution in [0.25, 0.3) is 0 Å². The molecule has 4 heterocycles. The highest BCUT2D eigenvalue weighted by molar-refractivity contribution is 6.04. The van der Waals surface area contributed by atoms with Crippen LogP contribution in [0.5, 0.6) is 0 Å². The van der Waals surface area contributed by atoms with E-state index in [1.807, 2.05) is 12.1 Å². The number of carbonyl (C=O) groups excluding carboxylic acids is 1. The van der Waals surface area contributed by atoms with Gasteiger partial charge >= 0.3 is 0 Å². The first-order chi connectivity index (χ1) is 15.7. The Hall–Kier alpha value is -3.46. The highest BCUT2D eigenvalue weighted by Gasteiger charge is 2.33. The van der Waals surface area contributed by atoms with Gasteiger partial charge in [-0.1, -0.05) is 6.08 Å². The lowest BCUT2D eigenvalue weighted by molar-refractivity contribution is 0.102. The number of pyridine rings is 1. The predicted molar refractivity (Wildman–Crippen MR) is 123 cm³/mol.